The lowest BCUT2D eigenvalue weighted by atomic mass is 10.2. The second-order valence-corrected chi connectivity index (χ2v) is 8.01. The first-order valence-corrected chi connectivity index (χ1v) is 8.78. The Bertz CT molecular complexity index is 737. The molecule has 1 amide bonds. The molecule has 1 unspecified atom stereocenters. The molecule has 0 saturated heterocycles. The summed E-state index contributed by atoms with van der Waals surface area (Å²) < 4.78 is -1.84. The summed E-state index contributed by atoms with van der Waals surface area (Å²) in [6, 6.07) is 9.78. The number of hydrogen-bond acceptors (Lipinski definition) is 3. The molecule has 1 aromatic carbocycles. The second-order valence-electron chi connectivity index (χ2n) is 4.80. The van der Waals surface area contributed by atoms with Crippen LogP contribution in [0.25, 0.3) is 0 Å². The van der Waals surface area contributed by atoms with Crippen molar-refractivity contribution in [2.45, 2.75) is 9.96 Å². The quantitative estimate of drug-likeness (QED) is 0.381. The molecule has 1 heterocycles. The zero-order valence-electron chi connectivity index (χ0n) is 12.5. The van der Waals surface area contributed by atoms with E-state index < -0.39 is 15.9 Å². The van der Waals surface area contributed by atoms with Gasteiger partial charge in [0.25, 0.3) is 5.91 Å². The van der Waals surface area contributed by atoms with Crippen LogP contribution in [0.15, 0.2) is 48.8 Å². The van der Waals surface area contributed by atoms with E-state index in [4.69, 9.17) is 58.6 Å². The SMILES string of the molecule is O=C(NC(NC(=S)Nc1cccnc1)C(Cl)(Cl)Cl)c1ccc(Cl)cc1. The van der Waals surface area contributed by atoms with Gasteiger partial charge in [-0.15, -0.1) is 0 Å². The van der Waals surface area contributed by atoms with Crippen molar-refractivity contribution < 1.29 is 4.79 Å². The smallest absolute Gasteiger partial charge is 0.252 e. The van der Waals surface area contributed by atoms with Gasteiger partial charge < -0.3 is 16.0 Å². The molecule has 0 radical (unpaired) electrons. The van der Waals surface area contributed by atoms with Crippen LogP contribution in [0.4, 0.5) is 5.69 Å². The van der Waals surface area contributed by atoms with Crippen molar-refractivity contribution in [3.63, 3.8) is 0 Å². The van der Waals surface area contributed by atoms with Crippen LogP contribution in [0.5, 0.6) is 0 Å². The molecule has 0 aliphatic rings. The largest absolute Gasteiger partial charge is 0.339 e. The lowest BCUT2D eigenvalue weighted by Gasteiger charge is -2.27. The summed E-state index contributed by atoms with van der Waals surface area (Å²) in [4.78, 5) is 16.3. The molecule has 1 atom stereocenters. The third kappa shape index (κ3) is 6.49. The van der Waals surface area contributed by atoms with Crippen LogP contribution in [0.2, 0.25) is 5.02 Å². The number of nitrogens with one attached hydrogen (secondary N) is 3. The van der Waals surface area contributed by atoms with E-state index in [9.17, 15) is 4.79 Å². The fourth-order valence-electron chi connectivity index (χ4n) is 1.75. The van der Waals surface area contributed by atoms with Crippen LogP contribution < -0.4 is 16.0 Å². The number of nitrogens with zero attached hydrogens (tertiary/aromatic N) is 1. The van der Waals surface area contributed by atoms with Gasteiger partial charge in [-0.2, -0.15) is 0 Å². The van der Waals surface area contributed by atoms with E-state index in [1.165, 1.54) is 0 Å². The van der Waals surface area contributed by atoms with Crippen molar-refractivity contribution in [2.24, 2.45) is 0 Å². The Morgan fingerprint density at radius 1 is 1.12 bits per heavy atom. The molecule has 2 aromatic rings. The van der Waals surface area contributed by atoms with E-state index in [-0.39, 0.29) is 5.11 Å². The molecule has 1 aromatic heterocycles. The van der Waals surface area contributed by atoms with E-state index in [2.05, 4.69) is 20.9 Å². The van der Waals surface area contributed by atoms with Crippen LogP contribution in [-0.4, -0.2) is 26.0 Å². The van der Waals surface area contributed by atoms with Gasteiger partial charge in [-0.25, -0.2) is 0 Å². The minimum atomic E-state index is -1.84. The molecule has 0 aliphatic carbocycles. The lowest BCUT2D eigenvalue weighted by molar-refractivity contribution is 0.0934. The van der Waals surface area contributed by atoms with Crippen LogP contribution in [0.1, 0.15) is 10.4 Å². The first-order valence-electron chi connectivity index (χ1n) is 6.86. The molecule has 10 heteroatoms. The monoisotopic (exact) mass is 436 g/mol. The van der Waals surface area contributed by atoms with E-state index in [1.807, 2.05) is 0 Å². The topological polar surface area (TPSA) is 66.1 Å². The van der Waals surface area contributed by atoms with E-state index in [0.717, 1.165) is 0 Å². The molecule has 0 saturated carbocycles. The average molecular weight is 438 g/mol. The van der Waals surface area contributed by atoms with E-state index >= 15 is 0 Å². The Kier molecular flexibility index (Phi) is 7.10. The molecule has 2 rings (SSSR count). The highest BCUT2D eigenvalue weighted by molar-refractivity contribution is 7.80. The van der Waals surface area contributed by atoms with Crippen molar-refractivity contribution in [1.82, 2.24) is 15.6 Å². The number of aromatic nitrogens is 1. The van der Waals surface area contributed by atoms with Gasteiger partial charge in [0, 0.05) is 16.8 Å². The zero-order chi connectivity index (χ0) is 18.4. The molecule has 5 nitrogen and oxygen atoms in total. The number of alkyl halides is 3. The molecular weight excluding hydrogens is 426 g/mol. The lowest BCUT2D eigenvalue weighted by Crippen LogP contribution is -2.56. The number of halogens is 4. The number of anilines is 1. The van der Waals surface area contributed by atoms with Gasteiger partial charge in [-0.3, -0.25) is 9.78 Å². The molecule has 25 heavy (non-hydrogen) atoms. The first kappa shape index (κ1) is 20.0. The number of rotatable bonds is 4. The number of pyridine rings is 1. The maximum atomic E-state index is 12.3. The highest BCUT2D eigenvalue weighted by atomic mass is 35.6. The normalized spacial score (nSPS) is 12.2. The molecule has 0 spiro atoms. The Morgan fingerprint density at radius 3 is 2.36 bits per heavy atom. The maximum Gasteiger partial charge on any atom is 0.252 e. The van der Waals surface area contributed by atoms with Gasteiger partial charge >= 0.3 is 0 Å². The summed E-state index contributed by atoms with van der Waals surface area (Å²) in [6.45, 7) is 0. The van der Waals surface area contributed by atoms with Gasteiger partial charge in [0.15, 0.2) is 5.11 Å². The van der Waals surface area contributed by atoms with Crippen molar-refractivity contribution in [3.05, 3.63) is 59.4 Å². The fourth-order valence-corrected chi connectivity index (χ4v) is 2.44. The Balaban J connectivity index is 2.04. The predicted molar refractivity (Wildman–Crippen MR) is 107 cm³/mol. The standard InChI is InChI=1S/C15H12Cl4N4OS/c16-10-5-3-9(4-6-10)12(24)22-13(15(17,18)19)23-14(25)21-11-2-1-7-20-8-11/h1-8,13H,(H,22,24)(H2,21,23,25). The number of hydrogen-bond donors (Lipinski definition) is 3. The van der Waals surface area contributed by atoms with Gasteiger partial charge in [-0.1, -0.05) is 46.4 Å². The summed E-state index contributed by atoms with van der Waals surface area (Å²) in [5.74, 6) is -0.454. The summed E-state index contributed by atoms with van der Waals surface area (Å²) in [6.07, 6.45) is 2.13. The Morgan fingerprint density at radius 2 is 1.80 bits per heavy atom. The first-order chi connectivity index (χ1) is 11.8. The zero-order valence-corrected chi connectivity index (χ0v) is 16.3. The summed E-state index contributed by atoms with van der Waals surface area (Å²) in [7, 11) is 0. The second kappa shape index (κ2) is 8.87. The summed E-state index contributed by atoms with van der Waals surface area (Å²) in [5.41, 5.74) is 1.00. The molecular formula is C15H12Cl4N4OS. The van der Waals surface area contributed by atoms with Crippen LogP contribution >= 0.6 is 58.6 Å². The van der Waals surface area contributed by atoms with Crippen molar-refractivity contribution in [3.8, 4) is 0 Å². The maximum absolute atomic E-state index is 12.3. The molecule has 0 fully saturated rings. The minimum Gasteiger partial charge on any atom is -0.339 e. The third-order valence-corrected chi connectivity index (χ3v) is 4.03. The molecule has 132 valence electrons. The van der Waals surface area contributed by atoms with Crippen LogP contribution in [0.3, 0.4) is 0 Å². The van der Waals surface area contributed by atoms with Gasteiger partial charge in [0.1, 0.15) is 6.17 Å². The molecule has 0 bridgehead atoms. The highest BCUT2D eigenvalue weighted by Gasteiger charge is 2.34. The summed E-state index contributed by atoms with van der Waals surface area (Å²) in [5, 5.41) is 8.87. The highest BCUT2D eigenvalue weighted by Crippen LogP contribution is 2.29. The molecule has 0 aliphatic heterocycles. The fraction of sp³-hybridized carbons (Fsp3) is 0.133. The predicted octanol–water partition coefficient (Wildman–Crippen LogP) is 4.15. The number of carbonyl (C=O) groups is 1. The van der Waals surface area contributed by atoms with Crippen molar-refractivity contribution in [1.29, 1.82) is 0 Å². The summed E-state index contributed by atoms with van der Waals surface area (Å²) >= 11 is 28.8. The third-order valence-electron chi connectivity index (χ3n) is 2.90. The van der Waals surface area contributed by atoms with Crippen LogP contribution in [-0.2, 0) is 0 Å². The number of benzene rings is 1. The van der Waals surface area contributed by atoms with Gasteiger partial charge in [0.2, 0.25) is 3.79 Å². The minimum absolute atomic E-state index is 0.153. The van der Waals surface area contributed by atoms with E-state index in [1.54, 1.807) is 48.8 Å². The average Bonchev–Trinajstić information content (AvgIpc) is 2.54. The van der Waals surface area contributed by atoms with Crippen molar-refractivity contribution in [2.75, 3.05) is 5.32 Å². The molecule has 3 N–H and O–H groups in total. The van der Waals surface area contributed by atoms with E-state index in [0.29, 0.717) is 16.3 Å². The van der Waals surface area contributed by atoms with Gasteiger partial charge in [0.05, 0.1) is 11.9 Å². The number of carbonyl (C=O) groups excluding carboxylic acids is 1. The van der Waals surface area contributed by atoms with Gasteiger partial charge in [-0.05, 0) is 48.6 Å². The Hall–Kier alpha value is -1.31. The number of amides is 1. The van der Waals surface area contributed by atoms with Crippen molar-refractivity contribution >= 4 is 75.3 Å². The van der Waals surface area contributed by atoms with Crippen LogP contribution in [0, 0.1) is 0 Å². The number of thiocarbonyl (C=S) groups is 1. The Labute approximate surface area is 170 Å².